The molecule has 1 amide bonds. The maximum absolute atomic E-state index is 13.6. The van der Waals surface area contributed by atoms with Crippen LogP contribution in [0.1, 0.15) is 16.0 Å². The van der Waals surface area contributed by atoms with E-state index in [0.717, 1.165) is 4.88 Å². The molecule has 2 aromatic carbocycles. The molecule has 1 aromatic heterocycles. The number of carbonyl (C=O) groups is 1. The van der Waals surface area contributed by atoms with Crippen molar-refractivity contribution in [1.82, 2.24) is 5.32 Å². The monoisotopic (exact) mass is 392 g/mol. The number of nitriles is 1. The van der Waals surface area contributed by atoms with Gasteiger partial charge in [0.2, 0.25) is 0 Å². The molecular formula is C22H17FN2O2S. The average molecular weight is 392 g/mol. The van der Waals surface area contributed by atoms with Gasteiger partial charge in [-0.3, -0.25) is 4.79 Å². The summed E-state index contributed by atoms with van der Waals surface area (Å²) in [5.41, 5.74) is 1.19. The number of rotatable bonds is 7. The van der Waals surface area contributed by atoms with Crippen LogP contribution >= 0.6 is 11.3 Å². The molecule has 0 fully saturated rings. The minimum Gasteiger partial charge on any atom is -0.489 e. The van der Waals surface area contributed by atoms with E-state index in [2.05, 4.69) is 5.32 Å². The molecule has 4 nitrogen and oxygen atoms in total. The quantitative estimate of drug-likeness (QED) is 0.469. The van der Waals surface area contributed by atoms with Crippen molar-refractivity contribution in [3.63, 3.8) is 0 Å². The summed E-state index contributed by atoms with van der Waals surface area (Å²) in [5.74, 6) is -0.161. The summed E-state index contributed by atoms with van der Waals surface area (Å²) in [7, 11) is 0. The van der Waals surface area contributed by atoms with Gasteiger partial charge in [-0.15, -0.1) is 11.3 Å². The van der Waals surface area contributed by atoms with Gasteiger partial charge in [0.05, 0.1) is 6.54 Å². The number of amides is 1. The molecular weight excluding hydrogens is 375 g/mol. The molecule has 0 saturated carbocycles. The molecule has 6 heteroatoms. The van der Waals surface area contributed by atoms with Crippen LogP contribution in [0.2, 0.25) is 0 Å². The second kappa shape index (κ2) is 9.49. The summed E-state index contributed by atoms with van der Waals surface area (Å²) in [5, 5.41) is 13.9. The Morgan fingerprint density at radius 1 is 1.14 bits per heavy atom. The van der Waals surface area contributed by atoms with Crippen LogP contribution in [-0.4, -0.2) is 5.91 Å². The summed E-state index contributed by atoms with van der Waals surface area (Å²) in [6, 6.07) is 19.1. The topological polar surface area (TPSA) is 62.1 Å². The third-order valence-corrected chi connectivity index (χ3v) is 4.79. The first kappa shape index (κ1) is 19.3. The first-order valence-corrected chi connectivity index (χ1v) is 9.42. The second-order valence-corrected chi connectivity index (χ2v) is 6.91. The second-order valence-electron chi connectivity index (χ2n) is 5.88. The normalized spacial score (nSPS) is 10.9. The molecule has 0 radical (unpaired) electrons. The van der Waals surface area contributed by atoms with Gasteiger partial charge in [0.1, 0.15) is 29.8 Å². The van der Waals surface area contributed by atoms with Crippen LogP contribution in [0.15, 0.2) is 71.6 Å². The smallest absolute Gasteiger partial charge is 0.262 e. The number of halogens is 1. The summed E-state index contributed by atoms with van der Waals surface area (Å²) in [4.78, 5) is 13.2. The third kappa shape index (κ3) is 5.29. The van der Waals surface area contributed by atoms with Gasteiger partial charge in [0, 0.05) is 10.4 Å². The lowest BCUT2D eigenvalue weighted by molar-refractivity contribution is -0.117. The molecule has 140 valence electrons. The van der Waals surface area contributed by atoms with E-state index in [9.17, 15) is 14.4 Å². The van der Waals surface area contributed by atoms with E-state index in [1.807, 2.05) is 23.6 Å². The highest BCUT2D eigenvalue weighted by molar-refractivity contribution is 7.09. The fourth-order valence-corrected chi connectivity index (χ4v) is 3.07. The van der Waals surface area contributed by atoms with Crippen LogP contribution in [0.4, 0.5) is 4.39 Å². The lowest BCUT2D eigenvalue weighted by Gasteiger charge is -2.07. The Balaban J connectivity index is 1.60. The summed E-state index contributed by atoms with van der Waals surface area (Å²) < 4.78 is 19.2. The van der Waals surface area contributed by atoms with E-state index >= 15 is 0 Å². The van der Waals surface area contributed by atoms with Crippen LogP contribution < -0.4 is 10.1 Å². The number of hydrogen-bond acceptors (Lipinski definition) is 4. The molecule has 0 spiro atoms. The Morgan fingerprint density at radius 3 is 2.61 bits per heavy atom. The summed E-state index contributed by atoms with van der Waals surface area (Å²) in [6.45, 7) is 0.509. The molecule has 3 aromatic rings. The minimum atomic E-state index is -0.421. The van der Waals surface area contributed by atoms with Crippen molar-refractivity contribution in [2.45, 2.75) is 13.2 Å². The fourth-order valence-electron chi connectivity index (χ4n) is 2.43. The van der Waals surface area contributed by atoms with Crippen LogP contribution in [0, 0.1) is 17.1 Å². The number of thiophene rings is 1. The van der Waals surface area contributed by atoms with Gasteiger partial charge >= 0.3 is 0 Å². The predicted octanol–water partition coefficient (Wildman–Crippen LogP) is 4.69. The van der Waals surface area contributed by atoms with Gasteiger partial charge in [-0.05, 0) is 41.3 Å². The number of nitrogens with one attached hydrogen (secondary N) is 1. The molecule has 0 aliphatic heterocycles. The number of ether oxygens (including phenoxy) is 1. The average Bonchev–Trinajstić information content (AvgIpc) is 3.24. The molecule has 0 saturated heterocycles. The lowest BCUT2D eigenvalue weighted by atomic mass is 10.1. The van der Waals surface area contributed by atoms with Crippen molar-refractivity contribution in [2.24, 2.45) is 0 Å². The van der Waals surface area contributed by atoms with E-state index in [1.54, 1.807) is 42.5 Å². The number of carbonyl (C=O) groups excluding carboxylic acids is 1. The van der Waals surface area contributed by atoms with Crippen molar-refractivity contribution in [3.05, 3.63) is 93.4 Å². The Labute approximate surface area is 166 Å². The van der Waals surface area contributed by atoms with Crippen LogP contribution in [0.5, 0.6) is 5.75 Å². The molecule has 0 atom stereocenters. The van der Waals surface area contributed by atoms with Gasteiger partial charge in [-0.25, -0.2) is 4.39 Å². The summed E-state index contributed by atoms with van der Waals surface area (Å²) in [6.07, 6.45) is 1.52. The van der Waals surface area contributed by atoms with Gasteiger partial charge in [-0.1, -0.05) is 36.4 Å². The largest absolute Gasteiger partial charge is 0.489 e. The molecule has 0 aliphatic rings. The standard InChI is InChI=1S/C22H17FN2O2S/c23-21-6-2-1-4-17(21)15-27-19-9-7-16(8-10-19)12-18(13-24)22(26)25-14-20-5-3-11-28-20/h1-12H,14-15H2,(H,25,26)/b18-12+. The molecule has 0 aliphatic carbocycles. The number of benzene rings is 2. The number of hydrogen-bond donors (Lipinski definition) is 1. The Kier molecular flexibility index (Phi) is 6.55. The van der Waals surface area contributed by atoms with E-state index in [0.29, 0.717) is 23.4 Å². The number of nitrogens with zero attached hydrogens (tertiary/aromatic N) is 1. The van der Waals surface area contributed by atoms with Crippen molar-refractivity contribution < 1.29 is 13.9 Å². The minimum absolute atomic E-state index is 0.0246. The zero-order valence-electron chi connectivity index (χ0n) is 14.9. The van der Waals surface area contributed by atoms with E-state index in [4.69, 9.17) is 4.74 Å². The fraction of sp³-hybridized carbons (Fsp3) is 0.0909. The Bertz CT molecular complexity index is 1010. The van der Waals surface area contributed by atoms with Crippen molar-refractivity contribution in [3.8, 4) is 11.8 Å². The zero-order valence-corrected chi connectivity index (χ0v) is 15.7. The highest BCUT2D eigenvalue weighted by atomic mass is 32.1. The Morgan fingerprint density at radius 2 is 1.93 bits per heavy atom. The van der Waals surface area contributed by atoms with Gasteiger partial charge in [0.25, 0.3) is 5.91 Å². The highest BCUT2D eigenvalue weighted by Gasteiger charge is 2.09. The van der Waals surface area contributed by atoms with E-state index in [1.165, 1.54) is 23.5 Å². The highest BCUT2D eigenvalue weighted by Crippen LogP contribution is 2.17. The van der Waals surface area contributed by atoms with E-state index < -0.39 is 5.91 Å². The molecule has 1 heterocycles. The van der Waals surface area contributed by atoms with Crippen LogP contribution in [-0.2, 0) is 17.9 Å². The van der Waals surface area contributed by atoms with Crippen molar-refractivity contribution >= 4 is 23.3 Å². The van der Waals surface area contributed by atoms with Gasteiger partial charge in [0.15, 0.2) is 0 Å². The Hall–Kier alpha value is -3.43. The predicted molar refractivity (Wildman–Crippen MR) is 107 cm³/mol. The maximum Gasteiger partial charge on any atom is 0.262 e. The zero-order chi connectivity index (χ0) is 19.8. The van der Waals surface area contributed by atoms with Gasteiger partial charge < -0.3 is 10.1 Å². The molecule has 28 heavy (non-hydrogen) atoms. The SMILES string of the molecule is N#C/C(=C\c1ccc(OCc2ccccc2F)cc1)C(=O)NCc1cccs1. The molecule has 0 bridgehead atoms. The molecule has 3 rings (SSSR count). The van der Waals surface area contributed by atoms with E-state index in [-0.39, 0.29) is 18.0 Å². The lowest BCUT2D eigenvalue weighted by Crippen LogP contribution is -2.23. The van der Waals surface area contributed by atoms with Crippen molar-refractivity contribution in [2.75, 3.05) is 0 Å². The maximum atomic E-state index is 13.6. The molecule has 1 N–H and O–H groups in total. The first-order valence-electron chi connectivity index (χ1n) is 8.54. The molecule has 0 unspecified atom stereocenters. The van der Waals surface area contributed by atoms with Gasteiger partial charge in [-0.2, -0.15) is 5.26 Å². The third-order valence-electron chi connectivity index (χ3n) is 3.91. The summed E-state index contributed by atoms with van der Waals surface area (Å²) >= 11 is 1.54. The van der Waals surface area contributed by atoms with Crippen LogP contribution in [0.25, 0.3) is 6.08 Å². The first-order chi connectivity index (χ1) is 13.7. The van der Waals surface area contributed by atoms with Crippen LogP contribution in [0.3, 0.4) is 0 Å². The van der Waals surface area contributed by atoms with Crippen molar-refractivity contribution in [1.29, 1.82) is 5.26 Å².